The molecule has 0 saturated carbocycles. The number of amides is 1. The van der Waals surface area contributed by atoms with Crippen molar-refractivity contribution in [1.82, 2.24) is 4.98 Å². The zero-order valence-electron chi connectivity index (χ0n) is 18.1. The van der Waals surface area contributed by atoms with E-state index in [4.69, 9.17) is 16.6 Å². The number of aromatic nitrogens is 1. The van der Waals surface area contributed by atoms with E-state index in [9.17, 15) is 13.6 Å². The van der Waals surface area contributed by atoms with Crippen LogP contribution in [-0.4, -0.2) is 19.7 Å². The molecule has 0 radical (unpaired) electrons. The van der Waals surface area contributed by atoms with Gasteiger partial charge in [0.2, 0.25) is 5.91 Å². The van der Waals surface area contributed by atoms with Crippen LogP contribution < -0.4 is 10.4 Å². The molecule has 2 aromatic heterocycles. The highest BCUT2D eigenvalue weighted by atomic mass is 35.5. The minimum atomic E-state index is -2.71. The maximum Gasteiger partial charge on any atom is 0.225 e. The monoisotopic (exact) mass is 532 g/mol. The molecule has 34 heavy (non-hydrogen) atoms. The lowest BCUT2D eigenvalue weighted by Crippen LogP contribution is -2.48. The largest absolute Gasteiger partial charge is 0.748 e. The summed E-state index contributed by atoms with van der Waals surface area (Å²) in [4.78, 5) is 20.7. The normalized spacial score (nSPS) is 13.8. The molecule has 0 aliphatic rings. The van der Waals surface area contributed by atoms with E-state index in [0.717, 1.165) is 15.4 Å². The average molecular weight is 533 g/mol. The molecule has 0 fully saturated rings. The second-order valence-corrected chi connectivity index (χ2v) is 10.1. The van der Waals surface area contributed by atoms with E-state index in [2.05, 4.69) is 9.76 Å². The van der Waals surface area contributed by atoms with Crippen molar-refractivity contribution in [3.63, 3.8) is 0 Å². The molecule has 2 atom stereocenters. The van der Waals surface area contributed by atoms with E-state index in [0.29, 0.717) is 22.1 Å². The standard InChI is InChI=1S/C23H20ClN3O4S3/c1-15(28)27(19-7-4-3-6-18(19)24)23(2,16-9-11-17(12-10-16)26-31-34(29)30)21-14-33-22(25-21)20-8-5-13-32-20/h3-14,26H,1-2H3,(H,29,30)/p-1/t23-/m0/s1. The van der Waals surface area contributed by atoms with Gasteiger partial charge < -0.3 is 4.55 Å². The van der Waals surface area contributed by atoms with Gasteiger partial charge in [-0.2, -0.15) is 4.28 Å². The van der Waals surface area contributed by atoms with E-state index < -0.39 is 16.9 Å². The lowest BCUT2D eigenvalue weighted by molar-refractivity contribution is -0.117. The number of benzene rings is 2. The molecule has 1 N–H and O–H groups in total. The lowest BCUT2D eigenvalue weighted by Gasteiger charge is -2.41. The Hall–Kier alpha value is -2.60. The molecule has 0 aliphatic carbocycles. The molecule has 2 heterocycles. The number of rotatable bonds is 8. The number of nitrogens with one attached hydrogen (secondary N) is 1. The summed E-state index contributed by atoms with van der Waals surface area (Å²) in [5.41, 5.74) is 3.73. The number of carbonyl (C=O) groups excluding carboxylic acids is 1. The van der Waals surface area contributed by atoms with Gasteiger partial charge in [0.1, 0.15) is 21.9 Å². The minimum Gasteiger partial charge on any atom is -0.748 e. The van der Waals surface area contributed by atoms with Gasteiger partial charge in [-0.15, -0.1) is 22.7 Å². The van der Waals surface area contributed by atoms with Gasteiger partial charge in [-0.3, -0.25) is 15.2 Å². The number of nitrogens with zero attached hydrogens (tertiary/aromatic N) is 2. The molecular weight excluding hydrogens is 514 g/mol. The third kappa shape index (κ3) is 4.92. The van der Waals surface area contributed by atoms with Crippen molar-refractivity contribution in [2.24, 2.45) is 0 Å². The summed E-state index contributed by atoms with van der Waals surface area (Å²) >= 11 is 6.92. The molecule has 1 amide bonds. The first-order valence-corrected chi connectivity index (χ1v) is 13.1. The quantitative estimate of drug-likeness (QED) is 0.221. The molecule has 7 nitrogen and oxygen atoms in total. The van der Waals surface area contributed by atoms with Crippen LogP contribution in [0.5, 0.6) is 0 Å². The van der Waals surface area contributed by atoms with Crippen molar-refractivity contribution in [1.29, 1.82) is 0 Å². The Kier molecular flexibility index (Phi) is 7.46. The summed E-state index contributed by atoms with van der Waals surface area (Å²) in [6.45, 7) is 3.40. The molecule has 0 aliphatic heterocycles. The Bertz CT molecular complexity index is 1310. The molecule has 0 bridgehead atoms. The molecule has 176 valence electrons. The van der Waals surface area contributed by atoms with E-state index >= 15 is 0 Å². The third-order valence-electron chi connectivity index (χ3n) is 5.26. The number of para-hydroxylation sites is 1. The average Bonchev–Trinajstić information content (AvgIpc) is 3.51. The number of carbonyl (C=O) groups is 1. The van der Waals surface area contributed by atoms with Crippen LogP contribution in [0, 0.1) is 0 Å². The van der Waals surface area contributed by atoms with Gasteiger partial charge in [-0.25, -0.2) is 9.19 Å². The summed E-state index contributed by atoms with van der Waals surface area (Å²) in [5, 5.41) is 5.22. The molecule has 4 rings (SSSR count). The first-order chi connectivity index (χ1) is 16.3. The molecule has 11 heteroatoms. The second kappa shape index (κ2) is 10.3. The fourth-order valence-electron chi connectivity index (χ4n) is 3.71. The fraction of sp³-hybridized carbons (Fsp3) is 0.130. The van der Waals surface area contributed by atoms with Crippen LogP contribution >= 0.6 is 34.3 Å². The van der Waals surface area contributed by atoms with Gasteiger partial charge in [-0.1, -0.05) is 41.9 Å². The van der Waals surface area contributed by atoms with Crippen molar-refractivity contribution in [3.05, 3.63) is 87.7 Å². The molecule has 0 saturated heterocycles. The van der Waals surface area contributed by atoms with Crippen molar-refractivity contribution >= 4 is 62.9 Å². The number of halogens is 1. The summed E-state index contributed by atoms with van der Waals surface area (Å²) in [6, 6.07) is 18.0. The van der Waals surface area contributed by atoms with Crippen LogP contribution in [0.15, 0.2) is 71.4 Å². The third-order valence-corrected chi connectivity index (χ3v) is 7.69. The van der Waals surface area contributed by atoms with Crippen molar-refractivity contribution in [2.75, 3.05) is 10.4 Å². The number of anilines is 2. The Morgan fingerprint density at radius 2 is 1.88 bits per heavy atom. The van der Waals surface area contributed by atoms with Gasteiger partial charge in [0, 0.05) is 12.3 Å². The van der Waals surface area contributed by atoms with Gasteiger partial charge in [0.25, 0.3) is 0 Å². The molecule has 1 unspecified atom stereocenters. The highest BCUT2D eigenvalue weighted by molar-refractivity contribution is 7.74. The zero-order valence-corrected chi connectivity index (χ0v) is 21.3. The topological polar surface area (TPSA) is 94.6 Å². The smallest absolute Gasteiger partial charge is 0.225 e. The van der Waals surface area contributed by atoms with Crippen molar-refractivity contribution in [3.8, 4) is 9.88 Å². The number of thiazole rings is 1. The zero-order chi connectivity index (χ0) is 24.3. The Balaban J connectivity index is 1.86. The van der Waals surface area contributed by atoms with Crippen LogP contribution in [0.1, 0.15) is 25.1 Å². The summed E-state index contributed by atoms with van der Waals surface area (Å²) < 4.78 is 25.8. The first kappa shape index (κ1) is 24.5. The molecule has 4 aromatic rings. The second-order valence-electron chi connectivity index (χ2n) is 7.36. The summed E-state index contributed by atoms with van der Waals surface area (Å²) in [5.74, 6) is -0.214. The SMILES string of the molecule is CC(=O)N(c1ccccc1Cl)[C@@](C)(c1ccc(NOS(=O)[O-])cc1)c1csc(-c2cccs2)n1. The number of hydrogen-bond donors (Lipinski definition) is 1. The Morgan fingerprint density at radius 3 is 2.50 bits per heavy atom. The predicted molar refractivity (Wildman–Crippen MR) is 137 cm³/mol. The van der Waals surface area contributed by atoms with Gasteiger partial charge >= 0.3 is 0 Å². The van der Waals surface area contributed by atoms with Crippen LogP contribution in [-0.2, 0) is 26.0 Å². The van der Waals surface area contributed by atoms with Gasteiger partial charge in [-0.05, 0) is 48.2 Å². The van der Waals surface area contributed by atoms with Gasteiger partial charge in [0.15, 0.2) is 0 Å². The Labute approximate surface area is 212 Å². The lowest BCUT2D eigenvalue weighted by atomic mass is 9.86. The number of hydrogen-bond acceptors (Lipinski definition) is 8. The van der Waals surface area contributed by atoms with E-state index in [1.54, 1.807) is 58.7 Å². The Morgan fingerprint density at radius 1 is 1.15 bits per heavy atom. The molecule has 0 spiro atoms. The highest BCUT2D eigenvalue weighted by Crippen LogP contribution is 2.43. The highest BCUT2D eigenvalue weighted by Gasteiger charge is 2.41. The molecule has 2 aromatic carbocycles. The maximum absolute atomic E-state index is 13.1. The van der Waals surface area contributed by atoms with Gasteiger partial charge in [0.05, 0.1) is 27.0 Å². The summed E-state index contributed by atoms with van der Waals surface area (Å²) in [6.07, 6.45) is 0. The van der Waals surface area contributed by atoms with Crippen LogP contribution in [0.25, 0.3) is 9.88 Å². The van der Waals surface area contributed by atoms with E-state index in [1.165, 1.54) is 18.3 Å². The van der Waals surface area contributed by atoms with Crippen LogP contribution in [0.2, 0.25) is 5.02 Å². The fourth-order valence-corrected chi connectivity index (χ4v) is 5.83. The summed E-state index contributed by atoms with van der Waals surface area (Å²) in [7, 11) is 0. The predicted octanol–water partition coefficient (Wildman–Crippen LogP) is 5.98. The van der Waals surface area contributed by atoms with Crippen LogP contribution in [0.4, 0.5) is 11.4 Å². The first-order valence-electron chi connectivity index (χ1n) is 9.99. The number of thiophene rings is 1. The van der Waals surface area contributed by atoms with Crippen molar-refractivity contribution in [2.45, 2.75) is 19.4 Å². The van der Waals surface area contributed by atoms with E-state index in [-0.39, 0.29) is 5.91 Å². The molecular formula is C23H19ClN3O4S3-. The minimum absolute atomic E-state index is 0.214. The maximum atomic E-state index is 13.1. The van der Waals surface area contributed by atoms with E-state index in [1.807, 2.05) is 35.9 Å². The van der Waals surface area contributed by atoms with Crippen LogP contribution in [0.3, 0.4) is 0 Å². The van der Waals surface area contributed by atoms with Crippen molar-refractivity contribution < 1.29 is 17.8 Å².